The zero-order chi connectivity index (χ0) is 11.3. The molecule has 5 heteroatoms. The molecule has 0 aliphatic rings. The number of amides is 2. The van der Waals surface area contributed by atoms with Crippen LogP contribution in [-0.4, -0.2) is 21.8 Å². The van der Waals surface area contributed by atoms with Gasteiger partial charge in [0.05, 0.1) is 12.2 Å². The maximum atomic E-state index is 11.4. The SMILES string of the molecule is CC(C)(C)NC(=O)NCc1cccnn1. The van der Waals surface area contributed by atoms with Crippen LogP contribution < -0.4 is 10.6 Å². The van der Waals surface area contributed by atoms with E-state index in [4.69, 9.17) is 0 Å². The quantitative estimate of drug-likeness (QED) is 0.764. The lowest BCUT2D eigenvalue weighted by Crippen LogP contribution is -2.46. The Labute approximate surface area is 89.3 Å². The summed E-state index contributed by atoms with van der Waals surface area (Å²) in [6.45, 7) is 6.16. The molecule has 1 heterocycles. The fourth-order valence-corrected chi connectivity index (χ4v) is 0.983. The summed E-state index contributed by atoms with van der Waals surface area (Å²) in [5, 5.41) is 13.1. The predicted molar refractivity (Wildman–Crippen MR) is 57.2 cm³/mol. The van der Waals surface area contributed by atoms with Crippen molar-refractivity contribution in [2.24, 2.45) is 0 Å². The Morgan fingerprint density at radius 3 is 2.73 bits per heavy atom. The van der Waals surface area contributed by atoms with Crippen molar-refractivity contribution in [3.63, 3.8) is 0 Å². The van der Waals surface area contributed by atoms with Crippen molar-refractivity contribution in [1.82, 2.24) is 20.8 Å². The Morgan fingerprint density at radius 1 is 1.47 bits per heavy atom. The molecule has 0 fully saturated rings. The molecule has 15 heavy (non-hydrogen) atoms. The van der Waals surface area contributed by atoms with Crippen LogP contribution in [-0.2, 0) is 6.54 Å². The van der Waals surface area contributed by atoms with Gasteiger partial charge in [-0.15, -0.1) is 0 Å². The van der Waals surface area contributed by atoms with Crippen LogP contribution in [0.5, 0.6) is 0 Å². The van der Waals surface area contributed by atoms with Crippen LogP contribution >= 0.6 is 0 Å². The van der Waals surface area contributed by atoms with E-state index in [1.54, 1.807) is 12.3 Å². The Balaban J connectivity index is 2.35. The first-order valence-corrected chi connectivity index (χ1v) is 4.80. The van der Waals surface area contributed by atoms with Crippen molar-refractivity contribution in [1.29, 1.82) is 0 Å². The minimum atomic E-state index is -0.230. The molecule has 1 aromatic heterocycles. The molecule has 5 nitrogen and oxygen atoms in total. The van der Waals surface area contributed by atoms with Crippen molar-refractivity contribution in [3.05, 3.63) is 24.0 Å². The molecular formula is C10H16N4O. The second-order valence-electron chi connectivity index (χ2n) is 4.27. The molecule has 82 valence electrons. The minimum absolute atomic E-state index is 0.201. The van der Waals surface area contributed by atoms with Gasteiger partial charge in [0.1, 0.15) is 0 Å². The summed E-state index contributed by atoms with van der Waals surface area (Å²) in [5.41, 5.74) is 0.508. The molecule has 0 radical (unpaired) electrons. The van der Waals surface area contributed by atoms with E-state index < -0.39 is 0 Å². The van der Waals surface area contributed by atoms with E-state index >= 15 is 0 Å². The van der Waals surface area contributed by atoms with Gasteiger partial charge in [0, 0.05) is 11.7 Å². The van der Waals surface area contributed by atoms with E-state index in [9.17, 15) is 4.79 Å². The smallest absolute Gasteiger partial charge is 0.315 e. The fraction of sp³-hybridized carbons (Fsp3) is 0.500. The standard InChI is InChI=1S/C10H16N4O/c1-10(2,3)13-9(15)11-7-8-5-4-6-12-14-8/h4-6H,7H2,1-3H3,(H2,11,13,15). The third-order valence-corrected chi connectivity index (χ3v) is 1.55. The summed E-state index contributed by atoms with van der Waals surface area (Å²) >= 11 is 0. The van der Waals surface area contributed by atoms with Gasteiger partial charge < -0.3 is 10.6 Å². The van der Waals surface area contributed by atoms with Gasteiger partial charge in [-0.2, -0.15) is 10.2 Å². The van der Waals surface area contributed by atoms with E-state index in [2.05, 4.69) is 20.8 Å². The molecule has 0 saturated carbocycles. The molecule has 2 amide bonds. The Morgan fingerprint density at radius 2 is 2.20 bits per heavy atom. The van der Waals surface area contributed by atoms with Crippen LogP contribution in [0.15, 0.2) is 18.3 Å². The summed E-state index contributed by atoms with van der Waals surface area (Å²) < 4.78 is 0. The van der Waals surface area contributed by atoms with Gasteiger partial charge in [0.15, 0.2) is 0 Å². The van der Waals surface area contributed by atoms with Gasteiger partial charge in [-0.3, -0.25) is 0 Å². The summed E-state index contributed by atoms with van der Waals surface area (Å²) in [6.07, 6.45) is 1.60. The Kier molecular flexibility index (Phi) is 3.60. The largest absolute Gasteiger partial charge is 0.334 e. The Bertz CT molecular complexity index is 318. The predicted octanol–water partition coefficient (Wildman–Crippen LogP) is 1.07. The van der Waals surface area contributed by atoms with Crippen LogP contribution in [0.25, 0.3) is 0 Å². The number of carbonyl (C=O) groups is 1. The van der Waals surface area contributed by atoms with Crippen LogP contribution in [0.1, 0.15) is 26.5 Å². The maximum Gasteiger partial charge on any atom is 0.315 e. The zero-order valence-electron chi connectivity index (χ0n) is 9.24. The number of rotatable bonds is 2. The molecule has 0 bridgehead atoms. The molecule has 2 N–H and O–H groups in total. The van der Waals surface area contributed by atoms with Gasteiger partial charge in [-0.25, -0.2) is 4.79 Å². The van der Waals surface area contributed by atoms with E-state index in [1.807, 2.05) is 26.8 Å². The lowest BCUT2D eigenvalue weighted by molar-refractivity contribution is 0.231. The number of hydrogen-bond donors (Lipinski definition) is 2. The van der Waals surface area contributed by atoms with Crippen molar-refractivity contribution < 1.29 is 4.79 Å². The molecule has 0 unspecified atom stereocenters. The highest BCUT2D eigenvalue weighted by molar-refractivity contribution is 5.74. The first kappa shape index (κ1) is 11.4. The summed E-state index contributed by atoms with van der Waals surface area (Å²) in [4.78, 5) is 11.4. The van der Waals surface area contributed by atoms with Crippen LogP contribution in [0.3, 0.4) is 0 Å². The average molecular weight is 208 g/mol. The van der Waals surface area contributed by atoms with Crippen molar-refractivity contribution in [3.8, 4) is 0 Å². The van der Waals surface area contributed by atoms with E-state index in [-0.39, 0.29) is 11.6 Å². The maximum absolute atomic E-state index is 11.4. The average Bonchev–Trinajstić information content (AvgIpc) is 2.14. The summed E-state index contributed by atoms with van der Waals surface area (Å²) in [6, 6.07) is 3.39. The first-order chi connectivity index (χ1) is 6.97. The molecule has 0 spiro atoms. The van der Waals surface area contributed by atoms with Gasteiger partial charge >= 0.3 is 6.03 Å². The van der Waals surface area contributed by atoms with Gasteiger partial charge in [-0.05, 0) is 32.9 Å². The normalized spacial score (nSPS) is 10.9. The molecule has 1 aromatic rings. The second-order valence-corrected chi connectivity index (χ2v) is 4.27. The number of nitrogens with one attached hydrogen (secondary N) is 2. The number of hydrogen-bond acceptors (Lipinski definition) is 3. The lowest BCUT2D eigenvalue weighted by atomic mass is 10.1. The van der Waals surface area contributed by atoms with Crippen LogP contribution in [0.2, 0.25) is 0 Å². The number of nitrogens with zero attached hydrogens (tertiary/aromatic N) is 2. The third-order valence-electron chi connectivity index (χ3n) is 1.55. The molecule has 0 aliphatic carbocycles. The van der Waals surface area contributed by atoms with E-state index in [0.717, 1.165) is 5.69 Å². The van der Waals surface area contributed by atoms with Crippen molar-refractivity contribution in [2.75, 3.05) is 0 Å². The van der Waals surface area contributed by atoms with Gasteiger partial charge in [-0.1, -0.05) is 0 Å². The monoisotopic (exact) mass is 208 g/mol. The second kappa shape index (κ2) is 4.72. The highest BCUT2D eigenvalue weighted by Crippen LogP contribution is 1.97. The number of urea groups is 1. The highest BCUT2D eigenvalue weighted by Gasteiger charge is 2.12. The Hall–Kier alpha value is -1.65. The fourth-order valence-electron chi connectivity index (χ4n) is 0.983. The number of aromatic nitrogens is 2. The summed E-state index contributed by atoms with van der Waals surface area (Å²) in [7, 11) is 0. The topological polar surface area (TPSA) is 66.9 Å². The van der Waals surface area contributed by atoms with Gasteiger partial charge in [0.25, 0.3) is 0 Å². The summed E-state index contributed by atoms with van der Waals surface area (Å²) in [5.74, 6) is 0. The van der Waals surface area contributed by atoms with Crippen LogP contribution in [0, 0.1) is 0 Å². The minimum Gasteiger partial charge on any atom is -0.334 e. The van der Waals surface area contributed by atoms with Crippen molar-refractivity contribution >= 4 is 6.03 Å². The molecule has 0 aromatic carbocycles. The van der Waals surface area contributed by atoms with Gasteiger partial charge in [0.2, 0.25) is 0 Å². The number of carbonyl (C=O) groups excluding carboxylic acids is 1. The molecule has 1 rings (SSSR count). The molecule has 0 saturated heterocycles. The first-order valence-electron chi connectivity index (χ1n) is 4.80. The van der Waals surface area contributed by atoms with Crippen LogP contribution in [0.4, 0.5) is 4.79 Å². The molecule has 0 atom stereocenters. The molecular weight excluding hydrogens is 192 g/mol. The lowest BCUT2D eigenvalue weighted by Gasteiger charge is -2.20. The molecule has 0 aliphatic heterocycles. The highest BCUT2D eigenvalue weighted by atomic mass is 16.2. The third kappa shape index (κ3) is 4.95. The van der Waals surface area contributed by atoms with E-state index in [0.29, 0.717) is 6.54 Å². The van der Waals surface area contributed by atoms with E-state index in [1.165, 1.54) is 0 Å². The van der Waals surface area contributed by atoms with Crippen molar-refractivity contribution in [2.45, 2.75) is 32.9 Å². The zero-order valence-corrected chi connectivity index (χ0v) is 9.24.